The van der Waals surface area contributed by atoms with Gasteiger partial charge in [-0.1, -0.05) is 34.1 Å². The van der Waals surface area contributed by atoms with Crippen molar-refractivity contribution >= 4 is 29.2 Å². The Labute approximate surface area is 217 Å². The fourth-order valence-electron chi connectivity index (χ4n) is 5.09. The Kier molecular flexibility index (Phi) is 9.13. The number of epoxide rings is 1. The molecule has 3 rings (SSSR count). The molecule has 3 unspecified atom stereocenters. The predicted octanol–water partition coefficient (Wildman–Crippen LogP) is 4.77. The van der Waals surface area contributed by atoms with Crippen LogP contribution >= 0.6 is 11.3 Å². The molecule has 2 fully saturated rings. The van der Waals surface area contributed by atoms with Crippen LogP contribution in [-0.4, -0.2) is 57.0 Å². The van der Waals surface area contributed by atoms with E-state index in [0.29, 0.717) is 25.0 Å². The lowest BCUT2D eigenvalue weighted by atomic mass is 9.71. The molecular weight excluding hydrogens is 485 g/mol. The summed E-state index contributed by atoms with van der Waals surface area (Å²) in [5.41, 5.74) is -1.31. The molecule has 0 aromatic carbocycles. The van der Waals surface area contributed by atoms with Crippen LogP contribution in [0.1, 0.15) is 83.8 Å². The van der Waals surface area contributed by atoms with Crippen molar-refractivity contribution in [2.75, 3.05) is 0 Å². The maximum absolute atomic E-state index is 15.3. The van der Waals surface area contributed by atoms with E-state index in [-0.39, 0.29) is 24.2 Å². The summed E-state index contributed by atoms with van der Waals surface area (Å²) in [7, 11) is 0. The van der Waals surface area contributed by atoms with Crippen LogP contribution in [0.2, 0.25) is 0 Å². The highest BCUT2D eigenvalue weighted by Gasteiger charge is 2.53. The van der Waals surface area contributed by atoms with Crippen molar-refractivity contribution in [2.45, 2.75) is 110 Å². The molecule has 0 radical (unpaired) electrons. The summed E-state index contributed by atoms with van der Waals surface area (Å²) in [6.45, 7) is 10.7. The van der Waals surface area contributed by atoms with E-state index in [1.54, 1.807) is 19.2 Å². The van der Waals surface area contributed by atoms with Crippen LogP contribution < -0.4 is 0 Å². The molecule has 9 heteroatoms. The van der Waals surface area contributed by atoms with Crippen molar-refractivity contribution in [2.24, 2.45) is 17.3 Å². The Morgan fingerprint density at radius 1 is 1.31 bits per heavy atom. The van der Waals surface area contributed by atoms with Crippen molar-refractivity contribution in [3.8, 4) is 0 Å². The number of carbonyl (C=O) groups is 2. The van der Waals surface area contributed by atoms with Gasteiger partial charge in [0.2, 0.25) is 0 Å². The molecule has 0 amide bonds. The summed E-state index contributed by atoms with van der Waals surface area (Å²) < 4.78 is 26.7. The number of nitrogens with zero attached hydrogens (tertiary/aromatic N) is 1. The largest absolute Gasteiger partial charge is 0.455 e. The number of thiazole rings is 1. The van der Waals surface area contributed by atoms with E-state index >= 15 is 4.39 Å². The minimum atomic E-state index is -1.35. The van der Waals surface area contributed by atoms with Crippen molar-refractivity contribution in [3.63, 3.8) is 0 Å². The molecule has 36 heavy (non-hydrogen) atoms. The van der Waals surface area contributed by atoms with Gasteiger partial charge >= 0.3 is 5.97 Å². The van der Waals surface area contributed by atoms with Gasteiger partial charge in [0, 0.05) is 17.7 Å². The fourth-order valence-corrected chi connectivity index (χ4v) is 5.66. The number of fused-ring (bicyclic) bond motifs is 1. The van der Waals surface area contributed by atoms with Crippen molar-refractivity contribution in [1.82, 2.24) is 4.98 Å². The molecular formula is C27H40FNO6S. The number of carbonyl (C=O) groups excluding carboxylic acids is 2. The molecule has 1 aromatic heterocycles. The van der Waals surface area contributed by atoms with Gasteiger partial charge in [0.1, 0.15) is 11.6 Å². The first kappa shape index (κ1) is 28.9. The first-order chi connectivity index (χ1) is 16.8. The van der Waals surface area contributed by atoms with E-state index < -0.39 is 53.5 Å². The minimum Gasteiger partial charge on any atom is -0.455 e. The topological polar surface area (TPSA) is 109 Å². The second-order valence-electron chi connectivity index (χ2n) is 11.1. The number of rotatable bonds is 3. The molecule has 3 heterocycles. The molecule has 202 valence electrons. The number of aryl methyl sites for hydroxylation is 1. The molecule has 2 saturated heterocycles. The summed E-state index contributed by atoms with van der Waals surface area (Å²) in [4.78, 5) is 30.5. The van der Waals surface area contributed by atoms with Crippen LogP contribution in [0, 0.1) is 24.2 Å². The number of aliphatic hydroxyl groups excluding tert-OH is 2. The summed E-state index contributed by atoms with van der Waals surface area (Å²) in [5, 5.41) is 24.4. The zero-order chi connectivity index (χ0) is 26.8. The van der Waals surface area contributed by atoms with Gasteiger partial charge < -0.3 is 19.7 Å². The van der Waals surface area contributed by atoms with Crippen LogP contribution in [0.15, 0.2) is 11.2 Å². The lowest BCUT2D eigenvalue weighted by molar-refractivity contribution is -0.155. The van der Waals surface area contributed by atoms with Crippen molar-refractivity contribution in [1.29, 1.82) is 0 Å². The monoisotopic (exact) mass is 525 g/mol. The third-order valence-electron chi connectivity index (χ3n) is 7.90. The highest BCUT2D eigenvalue weighted by atomic mass is 32.1. The Bertz CT molecular complexity index is 977. The van der Waals surface area contributed by atoms with Crippen molar-refractivity contribution in [3.05, 3.63) is 21.9 Å². The Morgan fingerprint density at radius 2 is 2.00 bits per heavy atom. The molecule has 0 spiro atoms. The number of hydrogen-bond acceptors (Lipinski definition) is 8. The highest BCUT2D eigenvalue weighted by molar-refractivity contribution is 7.09. The van der Waals surface area contributed by atoms with E-state index in [1.165, 1.54) is 17.4 Å². The average molecular weight is 526 g/mol. The Morgan fingerprint density at radius 3 is 2.61 bits per heavy atom. The number of hydrogen-bond donors (Lipinski definition) is 2. The lowest BCUT2D eigenvalue weighted by Gasteiger charge is -2.35. The molecule has 1 aromatic rings. The van der Waals surface area contributed by atoms with Gasteiger partial charge in [-0.05, 0) is 45.1 Å². The maximum Gasteiger partial charge on any atom is 0.309 e. The predicted molar refractivity (Wildman–Crippen MR) is 136 cm³/mol. The second kappa shape index (κ2) is 11.4. The van der Waals surface area contributed by atoms with Gasteiger partial charge in [0.15, 0.2) is 6.10 Å². The number of halogens is 1. The highest BCUT2D eigenvalue weighted by Crippen LogP contribution is 2.45. The third kappa shape index (κ3) is 6.60. The molecule has 7 atom stereocenters. The van der Waals surface area contributed by atoms with E-state index in [1.807, 2.05) is 27.7 Å². The third-order valence-corrected chi connectivity index (χ3v) is 8.69. The standard InChI is InChI=1S/C27H40FNO6S/c1-7-18-24(32)15(2)9-8-10-27(6)22(35-27)12-20(19(28)11-17-14-36-16(3)29-17)34-23(31)13-21(30)26(4,5)25(18)33/h11,14-15,18,20-22,24,30,32H,7-10,12-13H2,1-6H3/b19-11-/t15-,18+,20?,21-,22?,24-,27?/m0/s1. The number of Topliss-reactive ketones (excluding diaryl/α,β-unsaturated/α-hetero) is 1. The maximum atomic E-state index is 15.3. The summed E-state index contributed by atoms with van der Waals surface area (Å²) in [6, 6.07) is 0. The summed E-state index contributed by atoms with van der Waals surface area (Å²) >= 11 is 1.39. The van der Waals surface area contributed by atoms with E-state index in [9.17, 15) is 19.8 Å². The number of aromatic nitrogens is 1. The lowest BCUT2D eigenvalue weighted by Crippen LogP contribution is -2.46. The Hall–Kier alpha value is -1.68. The minimum absolute atomic E-state index is 0.125. The summed E-state index contributed by atoms with van der Waals surface area (Å²) in [6.07, 6.45) is -0.139. The molecule has 7 nitrogen and oxygen atoms in total. The number of ketones is 1. The normalized spacial score (nSPS) is 36.8. The van der Waals surface area contributed by atoms with Gasteiger partial charge in [-0.2, -0.15) is 0 Å². The van der Waals surface area contributed by atoms with E-state index in [0.717, 1.165) is 11.4 Å². The number of esters is 1. The first-order valence-electron chi connectivity index (χ1n) is 12.9. The van der Waals surface area contributed by atoms with Crippen LogP contribution in [0.25, 0.3) is 6.08 Å². The molecule has 0 aliphatic carbocycles. The van der Waals surface area contributed by atoms with E-state index in [4.69, 9.17) is 9.47 Å². The quantitative estimate of drug-likeness (QED) is 0.432. The number of aliphatic hydroxyl groups is 2. The second-order valence-corrected chi connectivity index (χ2v) is 12.2. The van der Waals surface area contributed by atoms with Crippen LogP contribution in [0.5, 0.6) is 0 Å². The van der Waals surface area contributed by atoms with Crippen molar-refractivity contribution < 1.29 is 33.7 Å². The smallest absolute Gasteiger partial charge is 0.309 e. The molecule has 2 aliphatic heterocycles. The molecule has 0 bridgehead atoms. The first-order valence-corrected chi connectivity index (χ1v) is 13.7. The van der Waals surface area contributed by atoms with Gasteiger partial charge in [-0.15, -0.1) is 11.3 Å². The number of ether oxygens (including phenoxy) is 2. The molecule has 2 aliphatic rings. The summed E-state index contributed by atoms with van der Waals surface area (Å²) in [5.74, 6) is -2.53. The average Bonchev–Trinajstić information content (AvgIpc) is 3.24. The van der Waals surface area contributed by atoms with E-state index in [2.05, 4.69) is 4.98 Å². The fraction of sp³-hybridized carbons (Fsp3) is 0.741. The zero-order valence-electron chi connectivity index (χ0n) is 22.1. The van der Waals surface area contributed by atoms with Gasteiger partial charge in [-0.3, -0.25) is 9.59 Å². The van der Waals surface area contributed by atoms with Crippen LogP contribution in [0.3, 0.4) is 0 Å². The molecule has 0 saturated carbocycles. The van der Waals surface area contributed by atoms with Gasteiger partial charge in [0.25, 0.3) is 0 Å². The molecule has 2 N–H and O–H groups in total. The van der Waals surface area contributed by atoms with Gasteiger partial charge in [0.05, 0.1) is 46.5 Å². The SMILES string of the molecule is CC[C@H]1C(=O)C(C)(C)[C@@H](O)CC(=O)OC(/C(F)=C/c2csc(C)n2)CC2OC2(C)CCC[C@H](C)[C@@H]1O. The van der Waals surface area contributed by atoms with Crippen LogP contribution in [-0.2, 0) is 19.1 Å². The number of cyclic esters (lactones) is 1. The zero-order valence-corrected chi connectivity index (χ0v) is 22.9. The van der Waals surface area contributed by atoms with Crippen LogP contribution in [0.4, 0.5) is 4.39 Å². The Balaban J connectivity index is 1.87. The van der Waals surface area contributed by atoms with Gasteiger partial charge in [-0.25, -0.2) is 9.37 Å².